The number of nitrogens with one attached hydrogen (secondary N) is 2. The second-order valence-electron chi connectivity index (χ2n) is 4.20. The average molecular weight is 305 g/mol. The van der Waals surface area contributed by atoms with E-state index in [1.165, 1.54) is 18.3 Å². The van der Waals surface area contributed by atoms with Crippen LogP contribution in [0.2, 0.25) is 0 Å². The molecular weight excluding hydrogens is 292 g/mol. The van der Waals surface area contributed by atoms with Crippen molar-refractivity contribution in [3.05, 3.63) is 66.5 Å². The number of hydrogen-bond acceptors (Lipinski definition) is 4. The van der Waals surface area contributed by atoms with Gasteiger partial charge in [0.15, 0.2) is 0 Å². The number of halogens is 2. The lowest BCUT2D eigenvalue weighted by Gasteiger charge is -2.12. The quantitative estimate of drug-likeness (QED) is 0.805. The molecule has 0 saturated carbocycles. The van der Waals surface area contributed by atoms with Crippen LogP contribution in [-0.4, -0.2) is 17.5 Å². The van der Waals surface area contributed by atoms with Gasteiger partial charge in [-0.3, -0.25) is 20.6 Å². The van der Waals surface area contributed by atoms with Crippen molar-refractivity contribution in [1.82, 2.24) is 15.8 Å². The third-order valence-corrected chi connectivity index (χ3v) is 2.68. The van der Waals surface area contributed by atoms with Gasteiger partial charge in [0.2, 0.25) is 0 Å². The molecule has 0 saturated heterocycles. The first-order chi connectivity index (χ1) is 10.6. The number of hydrogen-bond donors (Lipinski definition) is 2. The molecule has 0 bridgehead atoms. The molecule has 0 fully saturated rings. The van der Waals surface area contributed by atoms with Crippen molar-refractivity contribution < 1.29 is 18.3 Å². The van der Waals surface area contributed by atoms with Gasteiger partial charge in [-0.15, -0.1) is 0 Å². The van der Waals surface area contributed by atoms with Crippen LogP contribution >= 0.6 is 0 Å². The van der Waals surface area contributed by atoms with Gasteiger partial charge in [-0.2, -0.15) is 8.78 Å². The molecule has 2 aromatic rings. The van der Waals surface area contributed by atoms with Crippen LogP contribution in [0.5, 0.6) is 5.75 Å². The zero-order valence-electron chi connectivity index (χ0n) is 11.4. The van der Waals surface area contributed by atoms with Gasteiger partial charge in [0, 0.05) is 12.4 Å². The largest absolute Gasteiger partial charge is 0.435 e. The standard InChI is InChI=1S/C15H13F2N3O2/c1-10(11-4-6-13(7-5-11)22-15(16)17)19-20-14(21)12-3-2-8-18-9-12/h2-9,15,19H,1H2,(H,20,21). The van der Waals surface area contributed by atoms with Gasteiger partial charge < -0.3 is 4.74 Å². The van der Waals surface area contributed by atoms with Gasteiger partial charge in [-0.05, 0) is 42.0 Å². The zero-order valence-corrected chi connectivity index (χ0v) is 11.4. The molecule has 1 aromatic carbocycles. The Morgan fingerprint density at radius 3 is 2.45 bits per heavy atom. The van der Waals surface area contributed by atoms with Crippen LogP contribution in [0.15, 0.2) is 55.4 Å². The maximum atomic E-state index is 12.0. The third kappa shape index (κ3) is 4.27. The fourth-order valence-electron chi connectivity index (χ4n) is 1.61. The van der Waals surface area contributed by atoms with E-state index >= 15 is 0 Å². The first kappa shape index (κ1) is 15.4. The lowest BCUT2D eigenvalue weighted by Crippen LogP contribution is -2.35. The van der Waals surface area contributed by atoms with E-state index in [-0.39, 0.29) is 11.7 Å². The number of hydrazine groups is 1. The summed E-state index contributed by atoms with van der Waals surface area (Å²) < 4.78 is 28.3. The highest BCUT2D eigenvalue weighted by molar-refractivity contribution is 5.94. The Hall–Kier alpha value is -2.96. The van der Waals surface area contributed by atoms with Crippen molar-refractivity contribution in [1.29, 1.82) is 0 Å². The molecule has 0 atom stereocenters. The molecule has 0 aliphatic carbocycles. The van der Waals surface area contributed by atoms with Crippen LogP contribution in [-0.2, 0) is 0 Å². The zero-order chi connectivity index (χ0) is 15.9. The minimum Gasteiger partial charge on any atom is -0.435 e. The Balaban J connectivity index is 1.91. The number of rotatable bonds is 6. The predicted octanol–water partition coefficient (Wildman–Crippen LogP) is 2.59. The van der Waals surface area contributed by atoms with E-state index in [1.54, 1.807) is 30.5 Å². The molecule has 1 amide bonds. The Morgan fingerprint density at radius 2 is 1.86 bits per heavy atom. The molecule has 0 aliphatic heterocycles. The molecule has 0 spiro atoms. The monoisotopic (exact) mass is 305 g/mol. The molecule has 2 N–H and O–H groups in total. The fraction of sp³-hybridized carbons (Fsp3) is 0.0667. The summed E-state index contributed by atoms with van der Waals surface area (Å²) in [5.41, 5.74) is 6.53. The maximum absolute atomic E-state index is 12.0. The summed E-state index contributed by atoms with van der Waals surface area (Å²) in [5, 5.41) is 0. The Bertz CT molecular complexity index is 646. The van der Waals surface area contributed by atoms with Crippen LogP contribution in [0.25, 0.3) is 5.70 Å². The van der Waals surface area contributed by atoms with Gasteiger partial charge in [0.1, 0.15) is 5.75 Å². The number of carbonyl (C=O) groups is 1. The number of carbonyl (C=O) groups excluding carboxylic acids is 1. The van der Waals surface area contributed by atoms with Crippen molar-refractivity contribution in [3.63, 3.8) is 0 Å². The highest BCUT2D eigenvalue weighted by Crippen LogP contribution is 2.17. The van der Waals surface area contributed by atoms with E-state index in [1.807, 2.05) is 0 Å². The number of aromatic nitrogens is 1. The van der Waals surface area contributed by atoms with Crippen LogP contribution in [0.1, 0.15) is 15.9 Å². The molecule has 7 heteroatoms. The predicted molar refractivity (Wildman–Crippen MR) is 76.9 cm³/mol. The van der Waals surface area contributed by atoms with Crippen molar-refractivity contribution in [3.8, 4) is 5.75 Å². The van der Waals surface area contributed by atoms with E-state index in [2.05, 4.69) is 27.2 Å². The summed E-state index contributed by atoms with van der Waals surface area (Å²) in [7, 11) is 0. The molecule has 5 nitrogen and oxygen atoms in total. The van der Waals surface area contributed by atoms with Gasteiger partial charge in [-0.25, -0.2) is 0 Å². The van der Waals surface area contributed by atoms with E-state index < -0.39 is 6.61 Å². The summed E-state index contributed by atoms with van der Waals surface area (Å²) in [5.74, 6) is -0.321. The second-order valence-corrected chi connectivity index (χ2v) is 4.20. The highest BCUT2D eigenvalue weighted by Gasteiger charge is 2.07. The summed E-state index contributed by atoms with van der Waals surface area (Å²) in [6.07, 6.45) is 2.99. The van der Waals surface area contributed by atoms with Gasteiger partial charge >= 0.3 is 6.61 Å². The average Bonchev–Trinajstić information content (AvgIpc) is 2.53. The smallest absolute Gasteiger partial charge is 0.387 e. The number of benzene rings is 1. The Morgan fingerprint density at radius 1 is 1.14 bits per heavy atom. The van der Waals surface area contributed by atoms with Crippen molar-refractivity contribution >= 4 is 11.6 Å². The van der Waals surface area contributed by atoms with Crippen molar-refractivity contribution in [2.45, 2.75) is 6.61 Å². The fourth-order valence-corrected chi connectivity index (χ4v) is 1.61. The lowest BCUT2D eigenvalue weighted by molar-refractivity contribution is -0.0498. The molecule has 1 heterocycles. The molecular formula is C15H13F2N3O2. The van der Waals surface area contributed by atoms with Gasteiger partial charge in [-0.1, -0.05) is 6.58 Å². The Labute approximate surface area is 125 Å². The van der Waals surface area contributed by atoms with E-state index in [0.717, 1.165) is 0 Å². The van der Waals surface area contributed by atoms with Crippen LogP contribution < -0.4 is 15.6 Å². The van der Waals surface area contributed by atoms with Crippen LogP contribution in [0.3, 0.4) is 0 Å². The summed E-state index contributed by atoms with van der Waals surface area (Å²) in [6.45, 7) is 0.881. The molecule has 2 rings (SSSR count). The number of pyridine rings is 1. The number of nitrogens with zero attached hydrogens (tertiary/aromatic N) is 1. The summed E-state index contributed by atoms with van der Waals surface area (Å²) >= 11 is 0. The number of ether oxygens (including phenoxy) is 1. The molecule has 0 radical (unpaired) electrons. The molecule has 22 heavy (non-hydrogen) atoms. The second kappa shape index (κ2) is 7.16. The maximum Gasteiger partial charge on any atom is 0.387 e. The van der Waals surface area contributed by atoms with E-state index in [9.17, 15) is 13.6 Å². The molecule has 114 valence electrons. The van der Waals surface area contributed by atoms with E-state index in [0.29, 0.717) is 16.8 Å². The topological polar surface area (TPSA) is 63.2 Å². The molecule has 0 unspecified atom stereocenters. The molecule has 1 aromatic heterocycles. The summed E-state index contributed by atoms with van der Waals surface area (Å²) in [4.78, 5) is 15.6. The minimum atomic E-state index is -2.87. The van der Waals surface area contributed by atoms with Gasteiger partial charge in [0.25, 0.3) is 5.91 Å². The number of amides is 1. The first-order valence-corrected chi connectivity index (χ1v) is 6.27. The van der Waals surface area contributed by atoms with Crippen molar-refractivity contribution in [2.24, 2.45) is 0 Å². The minimum absolute atomic E-state index is 0.0472. The number of alkyl halides is 2. The highest BCUT2D eigenvalue weighted by atomic mass is 19.3. The first-order valence-electron chi connectivity index (χ1n) is 6.27. The van der Waals surface area contributed by atoms with Crippen molar-refractivity contribution in [2.75, 3.05) is 0 Å². The normalized spacial score (nSPS) is 10.1. The lowest BCUT2D eigenvalue weighted by atomic mass is 10.2. The molecule has 0 aliphatic rings. The SMILES string of the molecule is C=C(NNC(=O)c1cccnc1)c1ccc(OC(F)F)cc1. The van der Waals surface area contributed by atoms with Crippen LogP contribution in [0.4, 0.5) is 8.78 Å². The third-order valence-electron chi connectivity index (χ3n) is 2.68. The summed E-state index contributed by atoms with van der Waals surface area (Å²) in [6, 6.07) is 9.12. The van der Waals surface area contributed by atoms with Crippen LogP contribution in [0, 0.1) is 0 Å². The van der Waals surface area contributed by atoms with E-state index in [4.69, 9.17) is 0 Å². The van der Waals surface area contributed by atoms with Gasteiger partial charge in [0.05, 0.1) is 11.3 Å². The Kier molecular flexibility index (Phi) is 5.02.